The molecule has 2 rings (SSSR count). The maximum absolute atomic E-state index is 9.53. The molecule has 0 aliphatic heterocycles. The zero-order valence-electron chi connectivity index (χ0n) is 17.5. The van der Waals surface area contributed by atoms with Gasteiger partial charge in [0.15, 0.2) is 0 Å². The monoisotopic (exact) mass is 542 g/mol. The van der Waals surface area contributed by atoms with E-state index in [-0.39, 0.29) is 19.8 Å². The second-order valence-corrected chi connectivity index (χ2v) is 8.43. The standard InChI is InChI=1S/C11H11.3C4H9O.Hf/c1-2-6-10(5-1)9-11-7-3-4-8-11;3*1-2-3-4-5;/h1-5,7,9H,6,8H2;3*2-4H2,1H3;/q;3*-1;+3. The molecule has 4 heteroatoms. The van der Waals surface area contributed by atoms with Gasteiger partial charge < -0.3 is 15.3 Å². The molecule has 0 aromatic carbocycles. The third kappa shape index (κ3) is 18.8. The average Bonchev–Trinajstić information content (AvgIpc) is 3.39. The van der Waals surface area contributed by atoms with Gasteiger partial charge in [-0.15, -0.1) is 19.8 Å². The van der Waals surface area contributed by atoms with Crippen LogP contribution in [-0.2, 0) is 24.4 Å². The summed E-state index contributed by atoms with van der Waals surface area (Å²) in [5.41, 5.74) is 3.24. The number of rotatable bonds is 8. The third-order valence-corrected chi connectivity index (χ3v) is 6.50. The Morgan fingerprint density at radius 2 is 1.07 bits per heavy atom. The first-order chi connectivity index (χ1) is 13.1. The zero-order valence-corrected chi connectivity index (χ0v) is 21.1. The Kier molecular flexibility index (Phi) is 25.4. The van der Waals surface area contributed by atoms with Gasteiger partial charge in [0.1, 0.15) is 0 Å². The molecule has 0 aromatic heterocycles. The van der Waals surface area contributed by atoms with Crippen molar-refractivity contribution in [1.29, 1.82) is 0 Å². The third-order valence-electron chi connectivity index (χ3n) is 3.84. The van der Waals surface area contributed by atoms with E-state index < -0.39 is 0 Å². The minimum absolute atomic E-state index is 0.0938. The van der Waals surface area contributed by atoms with Crippen molar-refractivity contribution in [2.75, 3.05) is 19.8 Å². The van der Waals surface area contributed by atoms with Gasteiger partial charge in [0.2, 0.25) is 0 Å². The summed E-state index contributed by atoms with van der Waals surface area (Å²) in [6.07, 6.45) is 21.4. The van der Waals surface area contributed by atoms with Crippen molar-refractivity contribution in [2.45, 2.75) is 75.8 Å². The van der Waals surface area contributed by atoms with Gasteiger partial charge in [-0.2, -0.15) is 0 Å². The van der Waals surface area contributed by atoms with Gasteiger partial charge in [-0.05, 0) is 0 Å². The number of hydrogen-bond donors (Lipinski definition) is 0. The molecule has 0 unspecified atom stereocenters. The maximum atomic E-state index is 9.53. The summed E-state index contributed by atoms with van der Waals surface area (Å²) in [6, 6.07) is 0. The van der Waals surface area contributed by atoms with Crippen molar-refractivity contribution < 1.29 is 39.7 Å². The number of unbranched alkanes of at least 4 members (excludes halogenated alkanes) is 3. The molecular weight excluding hydrogens is 503 g/mol. The van der Waals surface area contributed by atoms with Crippen molar-refractivity contribution in [1.82, 2.24) is 0 Å². The molecule has 0 fully saturated rings. The molecule has 0 saturated heterocycles. The summed E-state index contributed by atoms with van der Waals surface area (Å²) in [7, 11) is 0. The normalized spacial score (nSPS) is 13.8. The van der Waals surface area contributed by atoms with E-state index in [0.29, 0.717) is 0 Å². The van der Waals surface area contributed by atoms with E-state index in [4.69, 9.17) is 0 Å². The van der Waals surface area contributed by atoms with Crippen LogP contribution in [0.2, 0.25) is 3.67 Å². The Morgan fingerprint density at radius 3 is 1.22 bits per heavy atom. The van der Waals surface area contributed by atoms with Crippen LogP contribution in [0, 0.1) is 0 Å². The molecule has 0 radical (unpaired) electrons. The first-order valence-corrected chi connectivity index (χ1v) is 12.4. The molecule has 0 atom stereocenters. The van der Waals surface area contributed by atoms with E-state index in [9.17, 15) is 15.3 Å². The molecule has 0 spiro atoms. The second kappa shape index (κ2) is 23.7. The van der Waals surface area contributed by atoms with Gasteiger partial charge >= 0.3 is 88.5 Å². The summed E-state index contributed by atoms with van der Waals surface area (Å²) in [6.45, 7) is 6.32. The molecule has 152 valence electrons. The van der Waals surface area contributed by atoms with Crippen LogP contribution in [0.4, 0.5) is 0 Å². The summed E-state index contributed by atoms with van der Waals surface area (Å²) in [4.78, 5) is 0. The topological polar surface area (TPSA) is 69.2 Å². The van der Waals surface area contributed by atoms with Gasteiger partial charge in [-0.1, -0.05) is 59.3 Å². The molecule has 2 aliphatic carbocycles. The Bertz CT molecular complexity index is 375. The summed E-state index contributed by atoms with van der Waals surface area (Å²) < 4.78 is 0.787. The van der Waals surface area contributed by atoms with E-state index in [1.165, 1.54) is 37.2 Å². The van der Waals surface area contributed by atoms with Crippen LogP contribution in [-0.4, -0.2) is 19.8 Å². The Labute approximate surface area is 182 Å². The molecular formula is C23H38HfO3. The van der Waals surface area contributed by atoms with Gasteiger partial charge in [0, 0.05) is 0 Å². The summed E-state index contributed by atoms with van der Waals surface area (Å²) >= 11 is 1.26. The Morgan fingerprint density at radius 1 is 0.741 bits per heavy atom. The SMILES string of the molecule is CCCC[O-].CCCC[O-].CCCC[O-].[Hf+3][CH](C1=CC=CC1)C1=CC=CC1. The van der Waals surface area contributed by atoms with E-state index in [0.717, 1.165) is 42.2 Å². The molecule has 0 amide bonds. The van der Waals surface area contributed by atoms with Crippen LogP contribution in [0.3, 0.4) is 0 Å². The second-order valence-electron chi connectivity index (χ2n) is 6.35. The molecule has 0 aromatic rings. The van der Waals surface area contributed by atoms with Crippen LogP contribution in [0.5, 0.6) is 0 Å². The van der Waals surface area contributed by atoms with Gasteiger partial charge in [0.05, 0.1) is 0 Å². The zero-order chi connectivity index (χ0) is 20.8. The molecule has 0 heterocycles. The van der Waals surface area contributed by atoms with E-state index >= 15 is 0 Å². The van der Waals surface area contributed by atoms with Crippen molar-refractivity contribution in [2.24, 2.45) is 0 Å². The number of allylic oxidation sites excluding steroid dienone is 8. The molecule has 2 aliphatic rings. The van der Waals surface area contributed by atoms with Gasteiger partial charge in [0.25, 0.3) is 0 Å². The average molecular weight is 541 g/mol. The molecule has 3 nitrogen and oxygen atoms in total. The first kappa shape index (κ1) is 28.9. The Hall–Kier alpha value is -0.290. The molecule has 0 bridgehead atoms. The first-order valence-electron chi connectivity index (χ1n) is 10.3. The van der Waals surface area contributed by atoms with Crippen LogP contribution >= 0.6 is 0 Å². The van der Waals surface area contributed by atoms with Crippen LogP contribution in [0.1, 0.15) is 72.1 Å². The molecule has 0 N–H and O–H groups in total. The predicted octanol–water partition coefficient (Wildman–Crippen LogP) is 3.53. The van der Waals surface area contributed by atoms with E-state index in [1.807, 2.05) is 20.8 Å². The van der Waals surface area contributed by atoms with Crippen LogP contribution in [0.25, 0.3) is 0 Å². The predicted molar refractivity (Wildman–Crippen MR) is 107 cm³/mol. The van der Waals surface area contributed by atoms with Crippen molar-refractivity contribution in [3.8, 4) is 0 Å². The van der Waals surface area contributed by atoms with Crippen LogP contribution in [0.15, 0.2) is 47.6 Å². The van der Waals surface area contributed by atoms with Gasteiger partial charge in [-0.25, -0.2) is 0 Å². The summed E-state index contributed by atoms with van der Waals surface area (Å²) in [5.74, 6) is 0. The van der Waals surface area contributed by atoms with Crippen molar-refractivity contribution >= 4 is 0 Å². The fourth-order valence-corrected chi connectivity index (χ4v) is 3.57. The van der Waals surface area contributed by atoms with Gasteiger partial charge in [-0.3, -0.25) is 0 Å². The van der Waals surface area contributed by atoms with Crippen molar-refractivity contribution in [3.63, 3.8) is 0 Å². The minimum atomic E-state index is 0.0938. The molecule has 0 saturated carbocycles. The van der Waals surface area contributed by atoms with E-state index in [2.05, 4.69) is 36.5 Å². The fourth-order valence-electron chi connectivity index (χ4n) is 2.03. The summed E-state index contributed by atoms with van der Waals surface area (Å²) in [5, 5.41) is 28.6. The Balaban J connectivity index is 0. The van der Waals surface area contributed by atoms with E-state index in [1.54, 1.807) is 11.1 Å². The molecule has 27 heavy (non-hydrogen) atoms. The fraction of sp³-hybridized carbons (Fsp3) is 0.652. The van der Waals surface area contributed by atoms with Crippen LogP contribution < -0.4 is 15.3 Å². The quantitative estimate of drug-likeness (QED) is 0.442. The number of hydrogen-bond acceptors (Lipinski definition) is 3. The van der Waals surface area contributed by atoms with Crippen molar-refractivity contribution in [3.05, 3.63) is 47.6 Å².